The van der Waals surface area contributed by atoms with Crippen LogP contribution in [-0.2, 0) is 10.2 Å². The lowest BCUT2D eigenvalue weighted by Gasteiger charge is -2.15. The van der Waals surface area contributed by atoms with Crippen molar-refractivity contribution >= 4 is 28.9 Å². The van der Waals surface area contributed by atoms with Crippen LogP contribution in [0.5, 0.6) is 0 Å². The molecule has 0 spiro atoms. The van der Waals surface area contributed by atoms with Crippen LogP contribution in [-0.4, -0.2) is 18.3 Å². The molecule has 1 heterocycles. The topological polar surface area (TPSA) is 41.1 Å². The van der Waals surface area contributed by atoms with E-state index in [4.69, 9.17) is 11.6 Å². The van der Waals surface area contributed by atoms with Gasteiger partial charge in [0.15, 0.2) is 0 Å². The fourth-order valence-electron chi connectivity index (χ4n) is 1.90. The molecule has 1 aliphatic rings. The first-order valence-electron chi connectivity index (χ1n) is 5.31. The first kappa shape index (κ1) is 11.3. The number of amides is 1. The number of alkyl halides is 1. The van der Waals surface area contributed by atoms with E-state index in [-0.39, 0.29) is 5.91 Å². The van der Waals surface area contributed by atoms with Gasteiger partial charge in [0.05, 0.1) is 5.41 Å². The maximum atomic E-state index is 11.7. The summed E-state index contributed by atoms with van der Waals surface area (Å²) in [5.41, 5.74) is 2.50. The van der Waals surface area contributed by atoms with Crippen molar-refractivity contribution in [2.75, 3.05) is 23.1 Å². The summed E-state index contributed by atoms with van der Waals surface area (Å²) in [4.78, 5) is 11.7. The number of carbonyl (C=O) groups excluding carboxylic acids is 1. The molecule has 3 nitrogen and oxygen atoms in total. The van der Waals surface area contributed by atoms with E-state index in [0.29, 0.717) is 5.88 Å². The SMILES string of the molecule is CC1(C)C(=O)Nc2cc(NCCCl)ccc21. The van der Waals surface area contributed by atoms with Crippen molar-refractivity contribution in [1.29, 1.82) is 0 Å². The Morgan fingerprint density at radius 2 is 2.19 bits per heavy atom. The highest BCUT2D eigenvalue weighted by Gasteiger charge is 2.38. The Balaban J connectivity index is 2.30. The highest BCUT2D eigenvalue weighted by atomic mass is 35.5. The number of nitrogens with one attached hydrogen (secondary N) is 2. The average Bonchev–Trinajstić information content (AvgIpc) is 2.47. The number of hydrogen-bond donors (Lipinski definition) is 2. The number of rotatable bonds is 3. The molecule has 1 aromatic carbocycles. The quantitative estimate of drug-likeness (QED) is 0.795. The van der Waals surface area contributed by atoms with Crippen molar-refractivity contribution < 1.29 is 4.79 Å². The van der Waals surface area contributed by atoms with E-state index in [1.807, 2.05) is 32.0 Å². The van der Waals surface area contributed by atoms with Gasteiger partial charge in [0.2, 0.25) is 5.91 Å². The molecule has 4 heteroatoms. The predicted octanol–water partition coefficient (Wildman–Crippen LogP) is 2.57. The maximum absolute atomic E-state index is 11.7. The van der Waals surface area contributed by atoms with E-state index in [1.165, 1.54) is 0 Å². The van der Waals surface area contributed by atoms with Crippen LogP contribution in [0.4, 0.5) is 11.4 Å². The standard InChI is InChI=1S/C12H15ClN2O/c1-12(2)9-4-3-8(14-6-5-13)7-10(9)15-11(12)16/h3-4,7,14H,5-6H2,1-2H3,(H,15,16). The molecule has 1 amide bonds. The summed E-state index contributed by atoms with van der Waals surface area (Å²) in [5.74, 6) is 0.617. The minimum Gasteiger partial charge on any atom is -0.384 e. The van der Waals surface area contributed by atoms with E-state index in [0.717, 1.165) is 23.5 Å². The van der Waals surface area contributed by atoms with Gasteiger partial charge in [0.1, 0.15) is 0 Å². The Morgan fingerprint density at radius 3 is 2.88 bits per heavy atom. The van der Waals surface area contributed by atoms with E-state index in [9.17, 15) is 4.79 Å². The van der Waals surface area contributed by atoms with Crippen molar-refractivity contribution in [3.05, 3.63) is 23.8 Å². The van der Waals surface area contributed by atoms with E-state index < -0.39 is 5.41 Å². The van der Waals surface area contributed by atoms with Gasteiger partial charge in [0.25, 0.3) is 0 Å². The zero-order chi connectivity index (χ0) is 11.8. The lowest BCUT2D eigenvalue weighted by molar-refractivity contribution is -0.119. The molecular formula is C12H15ClN2O. The van der Waals surface area contributed by atoms with Crippen molar-refractivity contribution in [3.8, 4) is 0 Å². The average molecular weight is 239 g/mol. The lowest BCUT2D eigenvalue weighted by atomic mass is 9.86. The summed E-state index contributed by atoms with van der Waals surface area (Å²) in [7, 11) is 0. The number of hydrogen-bond acceptors (Lipinski definition) is 2. The van der Waals surface area contributed by atoms with Crippen molar-refractivity contribution in [1.82, 2.24) is 0 Å². The minimum atomic E-state index is -0.430. The molecule has 0 aliphatic carbocycles. The van der Waals surface area contributed by atoms with Gasteiger partial charge in [-0.05, 0) is 31.5 Å². The normalized spacial score (nSPS) is 16.8. The highest BCUT2D eigenvalue weighted by molar-refractivity contribution is 6.18. The van der Waals surface area contributed by atoms with Gasteiger partial charge in [-0.25, -0.2) is 0 Å². The third kappa shape index (κ3) is 1.76. The summed E-state index contributed by atoms with van der Waals surface area (Å²) in [6.45, 7) is 4.58. The van der Waals surface area contributed by atoms with Crippen LogP contribution in [0.3, 0.4) is 0 Å². The van der Waals surface area contributed by atoms with Gasteiger partial charge in [0, 0.05) is 23.8 Å². The molecule has 0 radical (unpaired) electrons. The van der Waals surface area contributed by atoms with Crippen molar-refractivity contribution in [3.63, 3.8) is 0 Å². The molecule has 0 atom stereocenters. The molecule has 0 bridgehead atoms. The van der Waals surface area contributed by atoms with Gasteiger partial charge in [-0.3, -0.25) is 4.79 Å². The van der Waals surface area contributed by atoms with E-state index >= 15 is 0 Å². The summed E-state index contributed by atoms with van der Waals surface area (Å²) in [6.07, 6.45) is 0. The van der Waals surface area contributed by atoms with Crippen LogP contribution in [0, 0.1) is 0 Å². The van der Waals surface area contributed by atoms with Crippen LogP contribution < -0.4 is 10.6 Å². The summed E-state index contributed by atoms with van der Waals surface area (Å²) >= 11 is 5.60. The highest BCUT2D eigenvalue weighted by Crippen LogP contribution is 2.38. The van der Waals surface area contributed by atoms with Gasteiger partial charge in [-0.1, -0.05) is 6.07 Å². The minimum absolute atomic E-state index is 0.0528. The lowest BCUT2D eigenvalue weighted by Crippen LogP contribution is -2.26. The fraction of sp³-hybridized carbons (Fsp3) is 0.417. The van der Waals surface area contributed by atoms with Crippen LogP contribution in [0.15, 0.2) is 18.2 Å². The first-order valence-corrected chi connectivity index (χ1v) is 5.85. The molecule has 2 rings (SSSR count). The maximum Gasteiger partial charge on any atom is 0.234 e. The molecule has 1 aromatic rings. The van der Waals surface area contributed by atoms with Gasteiger partial charge in [-0.15, -0.1) is 11.6 Å². The smallest absolute Gasteiger partial charge is 0.234 e. The molecule has 0 fully saturated rings. The van der Waals surface area contributed by atoms with Crippen molar-refractivity contribution in [2.45, 2.75) is 19.3 Å². The van der Waals surface area contributed by atoms with E-state index in [1.54, 1.807) is 0 Å². The first-order chi connectivity index (χ1) is 7.55. The second-order valence-electron chi connectivity index (χ2n) is 4.46. The number of carbonyl (C=O) groups is 1. The Morgan fingerprint density at radius 1 is 1.44 bits per heavy atom. The molecule has 0 saturated heterocycles. The van der Waals surface area contributed by atoms with Gasteiger partial charge >= 0.3 is 0 Å². The zero-order valence-corrected chi connectivity index (χ0v) is 10.2. The number of benzene rings is 1. The van der Waals surface area contributed by atoms with Crippen LogP contribution >= 0.6 is 11.6 Å². The number of halogens is 1. The number of anilines is 2. The molecular weight excluding hydrogens is 224 g/mol. The molecule has 2 N–H and O–H groups in total. The summed E-state index contributed by atoms with van der Waals surface area (Å²) in [6, 6.07) is 5.92. The summed E-state index contributed by atoms with van der Waals surface area (Å²) in [5, 5.41) is 6.08. The Labute approximate surface area is 100 Å². The largest absolute Gasteiger partial charge is 0.384 e. The molecule has 0 saturated carbocycles. The summed E-state index contributed by atoms with van der Waals surface area (Å²) < 4.78 is 0. The van der Waals surface area contributed by atoms with Crippen molar-refractivity contribution in [2.24, 2.45) is 0 Å². The Hall–Kier alpha value is -1.22. The van der Waals surface area contributed by atoms with Gasteiger partial charge in [-0.2, -0.15) is 0 Å². The van der Waals surface area contributed by atoms with E-state index in [2.05, 4.69) is 10.6 Å². The molecule has 0 aromatic heterocycles. The second-order valence-corrected chi connectivity index (χ2v) is 4.83. The monoisotopic (exact) mass is 238 g/mol. The third-order valence-electron chi connectivity index (χ3n) is 2.93. The molecule has 0 unspecified atom stereocenters. The molecule has 1 aliphatic heterocycles. The van der Waals surface area contributed by atoms with Crippen LogP contribution in [0.1, 0.15) is 19.4 Å². The Kier molecular flexibility index (Phi) is 2.80. The second kappa shape index (κ2) is 3.98. The molecule has 16 heavy (non-hydrogen) atoms. The number of fused-ring (bicyclic) bond motifs is 1. The van der Waals surface area contributed by atoms with Gasteiger partial charge < -0.3 is 10.6 Å². The third-order valence-corrected chi connectivity index (χ3v) is 3.12. The zero-order valence-electron chi connectivity index (χ0n) is 9.43. The Bertz CT molecular complexity index is 429. The predicted molar refractivity (Wildman–Crippen MR) is 67.3 cm³/mol. The van der Waals surface area contributed by atoms with Crippen LogP contribution in [0.2, 0.25) is 0 Å². The van der Waals surface area contributed by atoms with Crippen LogP contribution in [0.25, 0.3) is 0 Å². The molecule has 86 valence electrons. The fourth-order valence-corrected chi connectivity index (χ4v) is 1.99.